The zero-order chi connectivity index (χ0) is 15.9. The van der Waals surface area contributed by atoms with E-state index in [4.69, 9.17) is 0 Å². The van der Waals surface area contributed by atoms with Gasteiger partial charge in [0.25, 0.3) is 0 Å². The van der Waals surface area contributed by atoms with Crippen molar-refractivity contribution in [2.24, 2.45) is 0 Å². The second-order valence-corrected chi connectivity index (χ2v) is 5.96. The molecule has 1 aromatic carbocycles. The van der Waals surface area contributed by atoms with E-state index in [1.54, 1.807) is 4.90 Å². The first kappa shape index (κ1) is 16.3. The topological polar surface area (TPSA) is 52.7 Å². The van der Waals surface area contributed by atoms with E-state index in [-0.39, 0.29) is 18.0 Å². The van der Waals surface area contributed by atoms with E-state index in [9.17, 15) is 9.59 Å². The number of carbonyl (C=O) groups excluding carboxylic acids is 2. The Hall–Kier alpha value is -2.04. The van der Waals surface area contributed by atoms with Gasteiger partial charge in [-0.25, -0.2) is 4.79 Å². The first-order chi connectivity index (χ1) is 10.6. The second kappa shape index (κ2) is 7.82. The molecule has 1 fully saturated rings. The van der Waals surface area contributed by atoms with Crippen LogP contribution >= 0.6 is 0 Å². The number of aryl methyl sites for hydroxylation is 1. The molecule has 0 bridgehead atoms. The van der Waals surface area contributed by atoms with Crippen LogP contribution in [0.2, 0.25) is 0 Å². The molecule has 0 radical (unpaired) electrons. The van der Waals surface area contributed by atoms with E-state index in [0.29, 0.717) is 32.6 Å². The standard InChI is InChI=1S/C17H25N3O2/c1-14(2)18-17(22)20-12-10-19(11-13-20)16(21)9-8-15-6-4-3-5-7-15/h3-7,14H,8-13H2,1-2H3,(H,18,22). The monoisotopic (exact) mass is 303 g/mol. The lowest BCUT2D eigenvalue weighted by molar-refractivity contribution is -0.132. The molecule has 2 rings (SSSR count). The number of rotatable bonds is 4. The van der Waals surface area contributed by atoms with Crippen LogP contribution in [0.4, 0.5) is 4.79 Å². The van der Waals surface area contributed by atoms with Crippen molar-refractivity contribution < 1.29 is 9.59 Å². The number of urea groups is 1. The number of hydrogen-bond donors (Lipinski definition) is 1. The van der Waals surface area contributed by atoms with Gasteiger partial charge in [-0.3, -0.25) is 4.79 Å². The highest BCUT2D eigenvalue weighted by atomic mass is 16.2. The quantitative estimate of drug-likeness (QED) is 0.923. The second-order valence-electron chi connectivity index (χ2n) is 5.96. The van der Waals surface area contributed by atoms with Gasteiger partial charge in [0.2, 0.25) is 5.91 Å². The zero-order valence-corrected chi connectivity index (χ0v) is 13.4. The van der Waals surface area contributed by atoms with Crippen molar-refractivity contribution in [1.82, 2.24) is 15.1 Å². The van der Waals surface area contributed by atoms with Crippen LogP contribution < -0.4 is 5.32 Å². The Balaban J connectivity index is 1.74. The molecule has 5 heteroatoms. The van der Waals surface area contributed by atoms with E-state index in [1.165, 1.54) is 5.56 Å². The minimum absolute atomic E-state index is 0.0358. The Bertz CT molecular complexity index is 494. The van der Waals surface area contributed by atoms with Crippen LogP contribution in [0.1, 0.15) is 25.8 Å². The molecule has 0 unspecified atom stereocenters. The fraction of sp³-hybridized carbons (Fsp3) is 0.529. The summed E-state index contributed by atoms with van der Waals surface area (Å²) in [5, 5.41) is 2.89. The van der Waals surface area contributed by atoms with Crippen LogP contribution in [0, 0.1) is 0 Å². The first-order valence-electron chi connectivity index (χ1n) is 7.93. The molecule has 3 amide bonds. The van der Waals surface area contributed by atoms with Crippen molar-refractivity contribution >= 4 is 11.9 Å². The zero-order valence-electron chi connectivity index (χ0n) is 13.4. The summed E-state index contributed by atoms with van der Waals surface area (Å²) < 4.78 is 0. The minimum atomic E-state index is -0.0358. The average molecular weight is 303 g/mol. The van der Waals surface area contributed by atoms with E-state index < -0.39 is 0 Å². The van der Waals surface area contributed by atoms with Crippen LogP contribution in [0.5, 0.6) is 0 Å². The van der Waals surface area contributed by atoms with E-state index in [2.05, 4.69) is 5.32 Å². The van der Waals surface area contributed by atoms with Gasteiger partial charge in [0.05, 0.1) is 0 Å². The van der Waals surface area contributed by atoms with Gasteiger partial charge < -0.3 is 15.1 Å². The molecule has 120 valence electrons. The molecule has 0 aromatic heterocycles. The SMILES string of the molecule is CC(C)NC(=O)N1CCN(C(=O)CCc2ccccc2)CC1. The first-order valence-corrected chi connectivity index (χ1v) is 7.93. The lowest BCUT2D eigenvalue weighted by Gasteiger charge is -2.35. The number of piperazine rings is 1. The molecular weight excluding hydrogens is 278 g/mol. The van der Waals surface area contributed by atoms with Crippen molar-refractivity contribution in [3.8, 4) is 0 Å². The maximum absolute atomic E-state index is 12.2. The number of nitrogens with one attached hydrogen (secondary N) is 1. The molecular formula is C17H25N3O2. The Labute approximate surface area is 132 Å². The van der Waals surface area contributed by atoms with Crippen molar-refractivity contribution in [3.63, 3.8) is 0 Å². The van der Waals surface area contributed by atoms with Crippen molar-refractivity contribution in [1.29, 1.82) is 0 Å². The highest BCUT2D eigenvalue weighted by molar-refractivity contribution is 5.78. The third-order valence-corrected chi connectivity index (χ3v) is 3.80. The third-order valence-electron chi connectivity index (χ3n) is 3.80. The summed E-state index contributed by atoms with van der Waals surface area (Å²) in [5.41, 5.74) is 1.19. The number of hydrogen-bond acceptors (Lipinski definition) is 2. The predicted octanol–water partition coefficient (Wildman–Crippen LogP) is 1.88. The number of benzene rings is 1. The third kappa shape index (κ3) is 4.76. The van der Waals surface area contributed by atoms with Gasteiger partial charge in [-0.05, 0) is 25.8 Å². The van der Waals surface area contributed by atoms with E-state index >= 15 is 0 Å². The van der Waals surface area contributed by atoms with Crippen LogP contribution in [0.25, 0.3) is 0 Å². The fourth-order valence-corrected chi connectivity index (χ4v) is 2.55. The Kier molecular flexibility index (Phi) is 5.81. The molecule has 1 N–H and O–H groups in total. The lowest BCUT2D eigenvalue weighted by Crippen LogP contribution is -2.54. The van der Waals surface area contributed by atoms with Gasteiger partial charge in [0.15, 0.2) is 0 Å². The smallest absolute Gasteiger partial charge is 0.317 e. The molecule has 0 aliphatic carbocycles. The van der Waals surface area contributed by atoms with Crippen molar-refractivity contribution in [3.05, 3.63) is 35.9 Å². The van der Waals surface area contributed by atoms with Crippen LogP contribution in [0.3, 0.4) is 0 Å². The van der Waals surface area contributed by atoms with Gasteiger partial charge in [-0.15, -0.1) is 0 Å². The largest absolute Gasteiger partial charge is 0.339 e. The van der Waals surface area contributed by atoms with Gasteiger partial charge in [0, 0.05) is 38.6 Å². The molecule has 0 saturated carbocycles. The van der Waals surface area contributed by atoms with E-state index in [0.717, 1.165) is 6.42 Å². The molecule has 1 aliphatic rings. The Morgan fingerprint density at radius 2 is 1.64 bits per heavy atom. The predicted molar refractivity (Wildman–Crippen MR) is 86.6 cm³/mol. The summed E-state index contributed by atoms with van der Waals surface area (Å²) >= 11 is 0. The summed E-state index contributed by atoms with van der Waals surface area (Å²) in [7, 11) is 0. The van der Waals surface area contributed by atoms with Crippen LogP contribution in [-0.4, -0.2) is 54.0 Å². The number of nitrogens with zero attached hydrogens (tertiary/aromatic N) is 2. The number of amides is 3. The molecule has 1 saturated heterocycles. The van der Waals surface area contributed by atoms with Crippen LogP contribution in [0.15, 0.2) is 30.3 Å². The molecule has 0 spiro atoms. The molecule has 5 nitrogen and oxygen atoms in total. The number of carbonyl (C=O) groups is 2. The van der Waals surface area contributed by atoms with Crippen LogP contribution in [-0.2, 0) is 11.2 Å². The summed E-state index contributed by atoms with van der Waals surface area (Å²) in [6.07, 6.45) is 1.30. The summed E-state index contributed by atoms with van der Waals surface area (Å²) in [6.45, 7) is 6.35. The Morgan fingerprint density at radius 3 is 2.23 bits per heavy atom. The molecule has 1 aromatic rings. The fourth-order valence-electron chi connectivity index (χ4n) is 2.55. The summed E-state index contributed by atoms with van der Waals surface area (Å²) in [5.74, 6) is 0.174. The lowest BCUT2D eigenvalue weighted by atomic mass is 10.1. The maximum Gasteiger partial charge on any atom is 0.317 e. The highest BCUT2D eigenvalue weighted by Gasteiger charge is 2.23. The summed E-state index contributed by atoms with van der Waals surface area (Å²) in [4.78, 5) is 27.8. The molecule has 1 heterocycles. The van der Waals surface area contributed by atoms with Crippen molar-refractivity contribution in [2.75, 3.05) is 26.2 Å². The maximum atomic E-state index is 12.2. The molecule has 22 heavy (non-hydrogen) atoms. The van der Waals surface area contributed by atoms with Gasteiger partial charge in [-0.2, -0.15) is 0 Å². The normalized spacial score (nSPS) is 15.0. The van der Waals surface area contributed by atoms with Gasteiger partial charge >= 0.3 is 6.03 Å². The summed E-state index contributed by atoms with van der Waals surface area (Å²) in [6, 6.07) is 10.2. The minimum Gasteiger partial charge on any atom is -0.339 e. The van der Waals surface area contributed by atoms with Gasteiger partial charge in [-0.1, -0.05) is 30.3 Å². The Morgan fingerprint density at radius 1 is 1.05 bits per heavy atom. The van der Waals surface area contributed by atoms with Crippen molar-refractivity contribution in [2.45, 2.75) is 32.7 Å². The molecule has 1 aliphatic heterocycles. The van der Waals surface area contributed by atoms with Gasteiger partial charge in [0.1, 0.15) is 0 Å². The molecule has 0 atom stereocenters. The highest BCUT2D eigenvalue weighted by Crippen LogP contribution is 2.08. The van der Waals surface area contributed by atoms with E-state index in [1.807, 2.05) is 49.1 Å². The average Bonchev–Trinajstić information content (AvgIpc) is 2.53.